The molecule has 0 fully saturated rings. The van der Waals surface area contributed by atoms with E-state index in [9.17, 15) is 4.39 Å². The Morgan fingerprint density at radius 3 is 2.26 bits per heavy atom. The van der Waals surface area contributed by atoms with Gasteiger partial charge in [-0.1, -0.05) is 42.5 Å². The molecule has 0 atom stereocenters. The van der Waals surface area contributed by atoms with E-state index in [1.165, 1.54) is 6.07 Å². The first-order valence-electron chi connectivity index (χ1n) is 6.11. The molecular formula is C17H12FN. The molecule has 1 aromatic heterocycles. The second-order valence-electron chi connectivity index (χ2n) is 4.28. The number of halogens is 1. The fourth-order valence-electron chi connectivity index (χ4n) is 2.06. The smallest absolute Gasteiger partial charge is 0.132 e. The number of benzene rings is 2. The summed E-state index contributed by atoms with van der Waals surface area (Å²) in [5, 5.41) is 0. The first-order valence-corrected chi connectivity index (χ1v) is 6.11. The average Bonchev–Trinajstić information content (AvgIpc) is 2.49. The third-order valence-corrected chi connectivity index (χ3v) is 3.02. The van der Waals surface area contributed by atoms with Crippen molar-refractivity contribution in [2.75, 3.05) is 0 Å². The summed E-state index contributed by atoms with van der Waals surface area (Å²) in [6.07, 6.45) is 1.71. The van der Waals surface area contributed by atoms with Crippen molar-refractivity contribution in [2.45, 2.75) is 0 Å². The van der Waals surface area contributed by atoms with Gasteiger partial charge in [0.1, 0.15) is 5.82 Å². The third-order valence-electron chi connectivity index (χ3n) is 3.02. The van der Waals surface area contributed by atoms with Crippen molar-refractivity contribution in [2.24, 2.45) is 0 Å². The average molecular weight is 249 g/mol. The van der Waals surface area contributed by atoms with Crippen LogP contribution in [0.1, 0.15) is 0 Å². The van der Waals surface area contributed by atoms with Crippen molar-refractivity contribution < 1.29 is 4.39 Å². The van der Waals surface area contributed by atoms with Gasteiger partial charge in [-0.05, 0) is 35.4 Å². The molecule has 3 aromatic rings. The predicted octanol–water partition coefficient (Wildman–Crippen LogP) is 4.55. The van der Waals surface area contributed by atoms with Crippen LogP contribution in [0.3, 0.4) is 0 Å². The summed E-state index contributed by atoms with van der Waals surface area (Å²) in [6, 6.07) is 20.5. The van der Waals surface area contributed by atoms with Gasteiger partial charge in [-0.3, -0.25) is 4.98 Å². The molecule has 3 rings (SSSR count). The Bertz CT molecular complexity index is 692. The second-order valence-corrected chi connectivity index (χ2v) is 4.28. The van der Waals surface area contributed by atoms with Gasteiger partial charge in [0.2, 0.25) is 0 Å². The lowest BCUT2D eigenvalue weighted by Crippen LogP contribution is -1.88. The van der Waals surface area contributed by atoms with Gasteiger partial charge in [-0.25, -0.2) is 4.39 Å². The van der Waals surface area contributed by atoms with E-state index >= 15 is 0 Å². The van der Waals surface area contributed by atoms with Gasteiger partial charge in [0.15, 0.2) is 0 Å². The van der Waals surface area contributed by atoms with Crippen molar-refractivity contribution >= 4 is 0 Å². The van der Waals surface area contributed by atoms with E-state index in [-0.39, 0.29) is 5.82 Å². The molecule has 2 aromatic carbocycles. The summed E-state index contributed by atoms with van der Waals surface area (Å²) in [4.78, 5) is 4.26. The zero-order valence-corrected chi connectivity index (χ0v) is 10.3. The molecule has 0 radical (unpaired) electrons. The van der Waals surface area contributed by atoms with Crippen molar-refractivity contribution in [3.05, 3.63) is 78.7 Å². The molecule has 0 saturated heterocycles. The zero-order chi connectivity index (χ0) is 13.1. The van der Waals surface area contributed by atoms with Crippen molar-refractivity contribution in [3.8, 4) is 22.4 Å². The van der Waals surface area contributed by atoms with Crippen LogP contribution in [-0.4, -0.2) is 4.98 Å². The largest absolute Gasteiger partial charge is 0.256 e. The maximum Gasteiger partial charge on any atom is 0.132 e. The number of nitrogens with zero attached hydrogens (tertiary/aromatic N) is 1. The topological polar surface area (TPSA) is 12.9 Å². The Balaban J connectivity index is 2.09. The highest BCUT2D eigenvalue weighted by atomic mass is 19.1. The Morgan fingerprint density at radius 2 is 1.47 bits per heavy atom. The molecule has 1 heterocycles. The SMILES string of the molecule is Fc1ccccc1-c1cc(-c2ccccc2)ccn1. The second kappa shape index (κ2) is 5.02. The van der Waals surface area contributed by atoms with Gasteiger partial charge in [0.05, 0.1) is 5.69 Å². The van der Waals surface area contributed by atoms with E-state index in [1.54, 1.807) is 18.3 Å². The first-order chi connectivity index (χ1) is 9.34. The Labute approximate surface area is 111 Å². The summed E-state index contributed by atoms with van der Waals surface area (Å²) in [7, 11) is 0. The molecule has 0 aliphatic rings. The predicted molar refractivity (Wildman–Crippen MR) is 75.1 cm³/mol. The summed E-state index contributed by atoms with van der Waals surface area (Å²) in [5.41, 5.74) is 3.32. The lowest BCUT2D eigenvalue weighted by atomic mass is 10.0. The lowest BCUT2D eigenvalue weighted by Gasteiger charge is -2.05. The van der Waals surface area contributed by atoms with Crippen LogP contribution in [0.4, 0.5) is 4.39 Å². The highest BCUT2D eigenvalue weighted by Crippen LogP contribution is 2.25. The quantitative estimate of drug-likeness (QED) is 0.649. The van der Waals surface area contributed by atoms with Gasteiger partial charge < -0.3 is 0 Å². The molecule has 2 heteroatoms. The number of hydrogen-bond acceptors (Lipinski definition) is 1. The van der Waals surface area contributed by atoms with Crippen LogP contribution in [0, 0.1) is 5.82 Å². The van der Waals surface area contributed by atoms with Gasteiger partial charge in [-0.15, -0.1) is 0 Å². The van der Waals surface area contributed by atoms with Gasteiger partial charge in [0.25, 0.3) is 0 Å². The first kappa shape index (κ1) is 11.6. The van der Waals surface area contributed by atoms with Crippen LogP contribution in [0.2, 0.25) is 0 Å². The minimum atomic E-state index is -0.250. The van der Waals surface area contributed by atoms with Crippen molar-refractivity contribution in [3.63, 3.8) is 0 Å². The summed E-state index contributed by atoms with van der Waals surface area (Å²) in [6.45, 7) is 0. The van der Waals surface area contributed by atoms with Gasteiger partial charge in [0, 0.05) is 11.8 Å². The molecule has 0 aliphatic heterocycles. The van der Waals surface area contributed by atoms with E-state index in [2.05, 4.69) is 4.98 Å². The van der Waals surface area contributed by atoms with E-state index in [4.69, 9.17) is 0 Å². The van der Waals surface area contributed by atoms with E-state index in [0.29, 0.717) is 11.3 Å². The fourth-order valence-corrected chi connectivity index (χ4v) is 2.06. The van der Waals surface area contributed by atoms with Crippen molar-refractivity contribution in [1.82, 2.24) is 4.98 Å². The Morgan fingerprint density at radius 1 is 0.737 bits per heavy atom. The normalized spacial score (nSPS) is 10.4. The van der Waals surface area contributed by atoms with E-state index in [0.717, 1.165) is 11.1 Å². The van der Waals surface area contributed by atoms with Gasteiger partial charge in [-0.2, -0.15) is 0 Å². The third kappa shape index (κ3) is 2.38. The molecule has 19 heavy (non-hydrogen) atoms. The number of rotatable bonds is 2. The lowest BCUT2D eigenvalue weighted by molar-refractivity contribution is 0.631. The van der Waals surface area contributed by atoms with Crippen LogP contribution in [-0.2, 0) is 0 Å². The molecule has 0 amide bonds. The number of aromatic nitrogens is 1. The molecule has 0 bridgehead atoms. The zero-order valence-electron chi connectivity index (χ0n) is 10.3. The standard InChI is InChI=1S/C17H12FN/c18-16-9-5-4-8-15(16)17-12-14(10-11-19-17)13-6-2-1-3-7-13/h1-12H. The maximum atomic E-state index is 13.8. The fraction of sp³-hybridized carbons (Fsp3) is 0. The van der Waals surface area contributed by atoms with Crippen LogP contribution >= 0.6 is 0 Å². The number of hydrogen-bond donors (Lipinski definition) is 0. The highest BCUT2D eigenvalue weighted by Gasteiger charge is 2.06. The molecule has 0 unspecified atom stereocenters. The summed E-state index contributed by atoms with van der Waals surface area (Å²) < 4.78 is 13.8. The maximum absolute atomic E-state index is 13.8. The monoisotopic (exact) mass is 249 g/mol. The Hall–Kier alpha value is -2.48. The minimum absolute atomic E-state index is 0.250. The molecule has 1 nitrogen and oxygen atoms in total. The van der Waals surface area contributed by atoms with Crippen LogP contribution in [0.25, 0.3) is 22.4 Å². The molecule has 0 aliphatic carbocycles. The Kier molecular flexibility index (Phi) is 3.07. The van der Waals surface area contributed by atoms with Gasteiger partial charge >= 0.3 is 0 Å². The van der Waals surface area contributed by atoms with Crippen molar-refractivity contribution in [1.29, 1.82) is 0 Å². The highest BCUT2D eigenvalue weighted by molar-refractivity contribution is 5.70. The number of pyridine rings is 1. The van der Waals surface area contributed by atoms with E-state index < -0.39 is 0 Å². The van der Waals surface area contributed by atoms with Crippen LogP contribution < -0.4 is 0 Å². The molecular weight excluding hydrogens is 237 g/mol. The molecule has 0 saturated carbocycles. The minimum Gasteiger partial charge on any atom is -0.256 e. The summed E-state index contributed by atoms with van der Waals surface area (Å²) in [5.74, 6) is -0.250. The molecule has 92 valence electrons. The molecule has 0 N–H and O–H groups in total. The van der Waals surface area contributed by atoms with Crippen LogP contribution in [0.15, 0.2) is 72.9 Å². The molecule has 0 spiro atoms. The summed E-state index contributed by atoms with van der Waals surface area (Å²) >= 11 is 0. The van der Waals surface area contributed by atoms with E-state index in [1.807, 2.05) is 48.5 Å². The van der Waals surface area contributed by atoms with Crippen LogP contribution in [0.5, 0.6) is 0 Å².